The Kier molecular flexibility index (Phi) is 5.07. The standard InChI is InChI=1S/C14H19FN2O3/c1-8-5-6-11(7-12(8)15)9(2)16-14(20)17(4)10(3)13(18)19/h5-7,9-10H,1-4H3,(H,16,20)(H,18,19). The van der Waals surface area contributed by atoms with Crippen molar-refractivity contribution in [3.05, 3.63) is 35.1 Å². The molecular formula is C14H19FN2O3. The molecule has 0 saturated heterocycles. The van der Waals surface area contributed by atoms with Gasteiger partial charge in [0.1, 0.15) is 11.9 Å². The van der Waals surface area contributed by atoms with E-state index < -0.39 is 24.1 Å². The fourth-order valence-electron chi connectivity index (χ4n) is 1.59. The lowest BCUT2D eigenvalue weighted by Crippen LogP contribution is -2.46. The second-order valence-electron chi connectivity index (χ2n) is 4.80. The summed E-state index contributed by atoms with van der Waals surface area (Å²) in [7, 11) is 1.40. The van der Waals surface area contributed by atoms with Crippen LogP contribution in [0.1, 0.15) is 31.0 Å². The third-order valence-corrected chi connectivity index (χ3v) is 3.29. The first-order valence-electron chi connectivity index (χ1n) is 6.26. The van der Waals surface area contributed by atoms with Crippen LogP contribution in [0.25, 0.3) is 0 Å². The van der Waals surface area contributed by atoms with Gasteiger partial charge in [-0.25, -0.2) is 14.0 Å². The first-order chi connectivity index (χ1) is 9.23. The summed E-state index contributed by atoms with van der Waals surface area (Å²) in [5, 5.41) is 11.5. The van der Waals surface area contributed by atoms with E-state index in [-0.39, 0.29) is 5.82 Å². The van der Waals surface area contributed by atoms with Gasteiger partial charge in [-0.3, -0.25) is 0 Å². The van der Waals surface area contributed by atoms with Crippen LogP contribution >= 0.6 is 0 Å². The lowest BCUT2D eigenvalue weighted by molar-refractivity contribution is -0.141. The van der Waals surface area contributed by atoms with Gasteiger partial charge in [0.15, 0.2) is 0 Å². The topological polar surface area (TPSA) is 69.6 Å². The summed E-state index contributed by atoms with van der Waals surface area (Å²) in [4.78, 5) is 23.8. The van der Waals surface area contributed by atoms with E-state index in [0.29, 0.717) is 11.1 Å². The van der Waals surface area contributed by atoms with E-state index in [0.717, 1.165) is 4.90 Å². The smallest absolute Gasteiger partial charge is 0.326 e. The summed E-state index contributed by atoms with van der Waals surface area (Å²) >= 11 is 0. The van der Waals surface area contributed by atoms with E-state index in [1.165, 1.54) is 20.0 Å². The van der Waals surface area contributed by atoms with E-state index >= 15 is 0 Å². The third-order valence-electron chi connectivity index (χ3n) is 3.29. The molecule has 1 aromatic carbocycles. The molecule has 0 radical (unpaired) electrons. The number of nitrogens with zero attached hydrogens (tertiary/aromatic N) is 1. The van der Waals surface area contributed by atoms with E-state index in [4.69, 9.17) is 5.11 Å². The number of amides is 2. The molecule has 0 aliphatic rings. The van der Waals surface area contributed by atoms with Crippen LogP contribution in [0.15, 0.2) is 18.2 Å². The number of halogens is 1. The quantitative estimate of drug-likeness (QED) is 0.890. The highest BCUT2D eigenvalue weighted by molar-refractivity contribution is 5.82. The van der Waals surface area contributed by atoms with Crippen LogP contribution in [0.2, 0.25) is 0 Å². The van der Waals surface area contributed by atoms with Gasteiger partial charge < -0.3 is 15.3 Å². The Balaban J connectivity index is 2.74. The predicted octanol–water partition coefficient (Wildman–Crippen LogP) is 2.31. The molecule has 0 heterocycles. The third kappa shape index (κ3) is 3.69. The number of carboxylic acids is 1. The second-order valence-corrected chi connectivity index (χ2v) is 4.80. The Labute approximate surface area is 117 Å². The number of carboxylic acid groups (broad SMARTS) is 1. The molecule has 0 saturated carbocycles. The summed E-state index contributed by atoms with van der Waals surface area (Å²) in [6.45, 7) is 4.78. The Morgan fingerprint density at radius 1 is 1.35 bits per heavy atom. The molecule has 0 aromatic heterocycles. The molecule has 0 aliphatic carbocycles. The highest BCUT2D eigenvalue weighted by Crippen LogP contribution is 2.16. The van der Waals surface area contributed by atoms with Crippen molar-refractivity contribution in [2.45, 2.75) is 32.9 Å². The fourth-order valence-corrected chi connectivity index (χ4v) is 1.59. The van der Waals surface area contributed by atoms with Gasteiger partial charge in [-0.1, -0.05) is 12.1 Å². The number of hydrogen-bond acceptors (Lipinski definition) is 2. The number of hydrogen-bond donors (Lipinski definition) is 2. The van der Waals surface area contributed by atoms with Gasteiger partial charge in [-0.2, -0.15) is 0 Å². The molecule has 20 heavy (non-hydrogen) atoms. The van der Waals surface area contributed by atoms with E-state index in [2.05, 4.69) is 5.32 Å². The molecule has 2 unspecified atom stereocenters. The minimum atomic E-state index is -1.09. The molecule has 1 aromatic rings. The summed E-state index contributed by atoms with van der Waals surface area (Å²) < 4.78 is 13.5. The lowest BCUT2D eigenvalue weighted by Gasteiger charge is -2.24. The largest absolute Gasteiger partial charge is 0.480 e. The molecule has 0 bridgehead atoms. The molecule has 5 nitrogen and oxygen atoms in total. The highest BCUT2D eigenvalue weighted by atomic mass is 19.1. The first-order valence-corrected chi connectivity index (χ1v) is 6.26. The Bertz CT molecular complexity index is 519. The molecule has 1 rings (SSSR count). The zero-order valence-corrected chi connectivity index (χ0v) is 12.0. The van der Waals surface area contributed by atoms with Crippen LogP contribution in [0, 0.1) is 12.7 Å². The molecular weight excluding hydrogens is 263 g/mol. The van der Waals surface area contributed by atoms with E-state index in [9.17, 15) is 14.0 Å². The van der Waals surface area contributed by atoms with Crippen molar-refractivity contribution in [2.75, 3.05) is 7.05 Å². The maximum Gasteiger partial charge on any atom is 0.326 e. The average molecular weight is 282 g/mol. The highest BCUT2D eigenvalue weighted by Gasteiger charge is 2.23. The number of aliphatic carboxylic acids is 1. The van der Waals surface area contributed by atoms with Crippen molar-refractivity contribution in [3.63, 3.8) is 0 Å². The summed E-state index contributed by atoms with van der Waals surface area (Å²) in [5.41, 5.74) is 1.15. The molecule has 6 heteroatoms. The predicted molar refractivity (Wildman–Crippen MR) is 72.9 cm³/mol. The summed E-state index contributed by atoms with van der Waals surface area (Å²) in [5.74, 6) is -1.42. The molecule has 110 valence electrons. The van der Waals surface area contributed by atoms with Gasteiger partial charge in [0.2, 0.25) is 0 Å². The minimum absolute atomic E-state index is 0.337. The number of likely N-dealkylation sites (N-methyl/N-ethyl adjacent to an activating group) is 1. The van der Waals surface area contributed by atoms with Crippen LogP contribution < -0.4 is 5.32 Å². The number of aryl methyl sites for hydroxylation is 1. The molecule has 2 atom stereocenters. The summed E-state index contributed by atoms with van der Waals surface area (Å²) in [6, 6.07) is 2.85. The minimum Gasteiger partial charge on any atom is -0.480 e. The van der Waals surface area contributed by atoms with E-state index in [1.807, 2.05) is 0 Å². The Morgan fingerprint density at radius 2 is 1.95 bits per heavy atom. The number of urea groups is 1. The number of carbonyl (C=O) groups excluding carboxylic acids is 1. The molecule has 2 N–H and O–H groups in total. The van der Waals surface area contributed by atoms with Crippen molar-refractivity contribution in [3.8, 4) is 0 Å². The Hall–Kier alpha value is -2.11. The van der Waals surface area contributed by atoms with Crippen LogP contribution in [-0.4, -0.2) is 35.1 Å². The molecule has 0 spiro atoms. The van der Waals surface area contributed by atoms with Crippen LogP contribution in [-0.2, 0) is 4.79 Å². The van der Waals surface area contributed by atoms with Crippen LogP contribution in [0.4, 0.5) is 9.18 Å². The molecule has 0 aliphatic heterocycles. The lowest BCUT2D eigenvalue weighted by atomic mass is 10.1. The number of carbonyl (C=O) groups is 2. The first kappa shape index (κ1) is 15.9. The zero-order valence-electron chi connectivity index (χ0n) is 12.0. The van der Waals surface area contributed by atoms with Crippen LogP contribution in [0.5, 0.6) is 0 Å². The zero-order chi connectivity index (χ0) is 15.4. The van der Waals surface area contributed by atoms with E-state index in [1.54, 1.807) is 26.0 Å². The number of rotatable bonds is 4. The SMILES string of the molecule is Cc1ccc(C(C)NC(=O)N(C)C(C)C(=O)O)cc1F. The fraction of sp³-hybridized carbons (Fsp3) is 0.429. The van der Waals surface area contributed by atoms with Crippen LogP contribution in [0.3, 0.4) is 0 Å². The summed E-state index contributed by atoms with van der Waals surface area (Å²) in [6.07, 6.45) is 0. The van der Waals surface area contributed by atoms with Gasteiger partial charge >= 0.3 is 12.0 Å². The van der Waals surface area contributed by atoms with Crippen molar-refractivity contribution >= 4 is 12.0 Å². The van der Waals surface area contributed by atoms with Crippen molar-refractivity contribution < 1.29 is 19.1 Å². The van der Waals surface area contributed by atoms with Crippen molar-refractivity contribution in [1.82, 2.24) is 10.2 Å². The number of benzene rings is 1. The molecule has 2 amide bonds. The van der Waals surface area contributed by atoms with Crippen molar-refractivity contribution in [1.29, 1.82) is 0 Å². The van der Waals surface area contributed by atoms with Gasteiger partial charge in [-0.15, -0.1) is 0 Å². The molecule has 0 fully saturated rings. The Morgan fingerprint density at radius 3 is 2.45 bits per heavy atom. The monoisotopic (exact) mass is 282 g/mol. The van der Waals surface area contributed by atoms with Gasteiger partial charge in [0.25, 0.3) is 0 Å². The van der Waals surface area contributed by atoms with Gasteiger partial charge in [-0.05, 0) is 38.0 Å². The average Bonchev–Trinajstić information content (AvgIpc) is 2.39. The number of nitrogens with one attached hydrogen (secondary N) is 1. The maximum atomic E-state index is 13.5. The van der Waals surface area contributed by atoms with Crippen molar-refractivity contribution in [2.24, 2.45) is 0 Å². The normalized spacial score (nSPS) is 13.4. The maximum absolute atomic E-state index is 13.5. The second kappa shape index (κ2) is 6.36. The van der Waals surface area contributed by atoms with Gasteiger partial charge in [0, 0.05) is 7.05 Å². The van der Waals surface area contributed by atoms with Gasteiger partial charge in [0.05, 0.1) is 6.04 Å².